The Balaban J connectivity index is 2.59. The molecule has 0 N–H and O–H groups in total. The van der Waals surface area contributed by atoms with Crippen LogP contribution in [0.25, 0.3) is 0 Å². The molecule has 1 aliphatic heterocycles. The van der Waals surface area contributed by atoms with Gasteiger partial charge in [0.2, 0.25) is 0 Å². The molecule has 1 unspecified atom stereocenters. The number of allylic oxidation sites excluding steroid dienone is 6. The first kappa shape index (κ1) is 11.5. The Bertz CT molecular complexity index is 507. The average Bonchev–Trinajstić information content (AvgIpc) is 2.32. The van der Waals surface area contributed by atoms with E-state index in [0.29, 0.717) is 5.92 Å². The number of ether oxygens (including phenoxy) is 1. The largest absolute Gasteiger partial charge is 0.466 e. The van der Waals surface area contributed by atoms with E-state index in [-0.39, 0.29) is 5.57 Å². The average molecular weight is 226 g/mol. The smallest absolute Gasteiger partial charge is 0.137 e. The molecule has 0 fully saturated rings. The van der Waals surface area contributed by atoms with Gasteiger partial charge in [0.05, 0.1) is 0 Å². The monoisotopic (exact) mass is 226 g/mol. The van der Waals surface area contributed by atoms with Gasteiger partial charge in [-0.15, -0.1) is 0 Å². The third-order valence-corrected chi connectivity index (χ3v) is 3.25. The highest BCUT2D eigenvalue weighted by Crippen LogP contribution is 2.40. The lowest BCUT2D eigenvalue weighted by atomic mass is 9.83. The first-order valence-corrected chi connectivity index (χ1v) is 5.81. The Morgan fingerprint density at radius 1 is 1.41 bits per heavy atom. The van der Waals surface area contributed by atoms with Crippen LogP contribution in [0.2, 0.25) is 0 Å². The van der Waals surface area contributed by atoms with Gasteiger partial charge in [0, 0.05) is 17.1 Å². The Morgan fingerprint density at radius 3 is 2.76 bits per heavy atom. The molecule has 1 atom stereocenters. The van der Waals surface area contributed by atoms with Gasteiger partial charge in [-0.25, -0.2) is 0 Å². The zero-order valence-electron chi connectivity index (χ0n) is 10.1. The number of nitriles is 2. The first-order chi connectivity index (χ1) is 8.17. The van der Waals surface area contributed by atoms with Gasteiger partial charge in [0.15, 0.2) is 0 Å². The van der Waals surface area contributed by atoms with Crippen LogP contribution in [0.4, 0.5) is 0 Å². The fourth-order valence-electron chi connectivity index (χ4n) is 2.43. The van der Waals surface area contributed by atoms with Crippen LogP contribution in [0.3, 0.4) is 0 Å². The molecule has 3 nitrogen and oxygen atoms in total. The summed E-state index contributed by atoms with van der Waals surface area (Å²) in [5.74, 6) is 2.08. The summed E-state index contributed by atoms with van der Waals surface area (Å²) in [7, 11) is 0. The molecule has 17 heavy (non-hydrogen) atoms. The van der Waals surface area contributed by atoms with Crippen molar-refractivity contribution >= 4 is 0 Å². The van der Waals surface area contributed by atoms with Crippen LogP contribution in [0, 0.1) is 28.6 Å². The number of rotatable bonds is 0. The van der Waals surface area contributed by atoms with Gasteiger partial charge in [0.1, 0.15) is 29.2 Å². The lowest BCUT2D eigenvalue weighted by Crippen LogP contribution is -2.16. The SMILES string of the molecule is CC1=CC(=C(C#N)C#N)C2=C(O1)C(C)CCC2. The minimum atomic E-state index is 0.189. The predicted molar refractivity (Wildman–Crippen MR) is 63.1 cm³/mol. The molecule has 3 heteroatoms. The highest BCUT2D eigenvalue weighted by molar-refractivity contribution is 5.57. The number of nitrogens with zero attached hydrogens (tertiary/aromatic N) is 2. The maximum Gasteiger partial charge on any atom is 0.137 e. The van der Waals surface area contributed by atoms with Crippen molar-refractivity contribution in [3.8, 4) is 12.1 Å². The Labute approximate surface area is 101 Å². The summed E-state index contributed by atoms with van der Waals surface area (Å²) in [5, 5.41) is 18.0. The van der Waals surface area contributed by atoms with E-state index < -0.39 is 0 Å². The molecular formula is C14H14N2O. The van der Waals surface area contributed by atoms with Crippen molar-refractivity contribution in [2.45, 2.75) is 33.1 Å². The second-order valence-corrected chi connectivity index (χ2v) is 4.51. The summed E-state index contributed by atoms with van der Waals surface area (Å²) in [4.78, 5) is 0. The lowest BCUT2D eigenvalue weighted by molar-refractivity contribution is 0.234. The Morgan fingerprint density at radius 2 is 2.12 bits per heavy atom. The van der Waals surface area contributed by atoms with E-state index >= 15 is 0 Å². The molecule has 0 aromatic carbocycles. The maximum absolute atomic E-state index is 9.00. The van der Waals surface area contributed by atoms with E-state index in [1.54, 1.807) is 6.08 Å². The van der Waals surface area contributed by atoms with Crippen LogP contribution < -0.4 is 0 Å². The molecule has 86 valence electrons. The molecule has 2 rings (SSSR count). The quantitative estimate of drug-likeness (QED) is 0.595. The number of hydrogen-bond donors (Lipinski definition) is 0. The molecule has 1 heterocycles. The van der Waals surface area contributed by atoms with Crippen LogP contribution in [-0.4, -0.2) is 0 Å². The molecular weight excluding hydrogens is 212 g/mol. The van der Waals surface area contributed by atoms with Crippen LogP contribution in [0.15, 0.2) is 34.3 Å². The van der Waals surface area contributed by atoms with Crippen LogP contribution in [0.1, 0.15) is 33.1 Å². The molecule has 0 radical (unpaired) electrons. The Kier molecular flexibility index (Phi) is 3.02. The lowest BCUT2D eigenvalue weighted by Gasteiger charge is -2.30. The van der Waals surface area contributed by atoms with E-state index in [4.69, 9.17) is 15.3 Å². The van der Waals surface area contributed by atoms with Crippen molar-refractivity contribution in [2.24, 2.45) is 5.92 Å². The van der Waals surface area contributed by atoms with Gasteiger partial charge < -0.3 is 4.74 Å². The van der Waals surface area contributed by atoms with Crippen LogP contribution in [-0.2, 0) is 4.74 Å². The summed E-state index contributed by atoms with van der Waals surface area (Å²) < 4.78 is 5.76. The van der Waals surface area contributed by atoms with Crippen LogP contribution in [0.5, 0.6) is 0 Å². The minimum Gasteiger partial charge on any atom is -0.466 e. The molecule has 0 saturated heterocycles. The second kappa shape index (κ2) is 4.47. The van der Waals surface area contributed by atoms with Crippen molar-refractivity contribution in [3.05, 3.63) is 34.3 Å². The second-order valence-electron chi connectivity index (χ2n) is 4.51. The van der Waals surface area contributed by atoms with Gasteiger partial charge in [-0.05, 0) is 32.3 Å². The van der Waals surface area contributed by atoms with Gasteiger partial charge >= 0.3 is 0 Å². The van der Waals surface area contributed by atoms with E-state index in [9.17, 15) is 0 Å². The third kappa shape index (κ3) is 1.97. The summed E-state index contributed by atoms with van der Waals surface area (Å²) >= 11 is 0. The Hall–Kier alpha value is -2.00. The normalized spacial score (nSPS) is 22.9. The van der Waals surface area contributed by atoms with Crippen molar-refractivity contribution in [1.29, 1.82) is 10.5 Å². The van der Waals surface area contributed by atoms with Crippen molar-refractivity contribution < 1.29 is 4.74 Å². The van der Waals surface area contributed by atoms with Gasteiger partial charge in [-0.1, -0.05) is 6.92 Å². The van der Waals surface area contributed by atoms with Crippen LogP contribution >= 0.6 is 0 Å². The summed E-state index contributed by atoms with van der Waals surface area (Å²) in [5.41, 5.74) is 2.00. The minimum absolute atomic E-state index is 0.189. The fourth-order valence-corrected chi connectivity index (χ4v) is 2.43. The van der Waals surface area contributed by atoms with Crippen molar-refractivity contribution in [1.82, 2.24) is 0 Å². The summed E-state index contributed by atoms with van der Waals surface area (Å²) in [6.45, 7) is 3.99. The molecule has 0 bridgehead atoms. The first-order valence-electron chi connectivity index (χ1n) is 5.81. The highest BCUT2D eigenvalue weighted by atomic mass is 16.5. The summed E-state index contributed by atoms with van der Waals surface area (Å²) in [6, 6.07) is 3.95. The van der Waals surface area contributed by atoms with E-state index in [1.165, 1.54) is 0 Å². The predicted octanol–water partition coefficient (Wildman–Crippen LogP) is 3.34. The van der Waals surface area contributed by atoms with E-state index in [1.807, 2.05) is 19.1 Å². The fraction of sp³-hybridized carbons (Fsp3) is 0.429. The third-order valence-electron chi connectivity index (χ3n) is 3.25. The topological polar surface area (TPSA) is 56.8 Å². The van der Waals surface area contributed by atoms with Crippen molar-refractivity contribution in [2.75, 3.05) is 0 Å². The molecule has 0 aromatic heterocycles. The highest BCUT2D eigenvalue weighted by Gasteiger charge is 2.28. The molecule has 0 spiro atoms. The molecule has 2 aliphatic rings. The van der Waals surface area contributed by atoms with Gasteiger partial charge in [-0.3, -0.25) is 0 Å². The maximum atomic E-state index is 9.00. The van der Waals surface area contributed by atoms with E-state index in [2.05, 4.69) is 6.92 Å². The number of hydrogen-bond acceptors (Lipinski definition) is 3. The van der Waals surface area contributed by atoms with Crippen molar-refractivity contribution in [3.63, 3.8) is 0 Å². The zero-order valence-corrected chi connectivity index (χ0v) is 10.1. The molecule has 0 aromatic rings. The van der Waals surface area contributed by atoms with E-state index in [0.717, 1.165) is 41.9 Å². The standard InChI is InChI=1S/C14H14N2O/c1-9-4-3-5-12-13(11(7-15)8-16)6-10(2)17-14(9)12/h6,9H,3-5H2,1-2H3. The van der Waals surface area contributed by atoms with Gasteiger partial charge in [-0.2, -0.15) is 10.5 Å². The molecule has 0 amide bonds. The summed E-state index contributed by atoms with van der Waals surface area (Å²) in [6.07, 6.45) is 4.89. The zero-order chi connectivity index (χ0) is 12.4. The molecule has 1 aliphatic carbocycles. The van der Waals surface area contributed by atoms with Gasteiger partial charge in [0.25, 0.3) is 0 Å². The molecule has 0 saturated carbocycles.